The number of carbonyl (C=O) groups is 1. The topological polar surface area (TPSA) is 83.7 Å². The smallest absolute Gasteiger partial charge is 0.271 e. The van der Waals surface area contributed by atoms with Gasteiger partial charge in [0, 0.05) is 10.6 Å². The highest BCUT2D eigenvalue weighted by Gasteiger charge is 2.33. The molecule has 2 aromatic carbocycles. The number of thiophene rings is 1. The number of benzene rings is 2. The molecule has 4 aromatic rings. The van der Waals surface area contributed by atoms with E-state index in [1.165, 1.54) is 22.7 Å². The maximum Gasteiger partial charge on any atom is 0.271 e. The number of para-hydroxylation sites is 1. The zero-order valence-corrected chi connectivity index (χ0v) is 19.2. The van der Waals surface area contributed by atoms with Crippen LogP contribution in [0.25, 0.3) is 6.08 Å². The number of amides is 1. The minimum atomic E-state index is -0.573. The Morgan fingerprint density at radius 3 is 2.67 bits per heavy atom. The molecule has 1 aliphatic rings. The van der Waals surface area contributed by atoms with Gasteiger partial charge in [0.05, 0.1) is 15.8 Å². The molecule has 0 fully saturated rings. The van der Waals surface area contributed by atoms with E-state index < -0.39 is 6.04 Å². The number of nitrogens with one attached hydrogen (secondary N) is 1. The highest BCUT2D eigenvalue weighted by atomic mass is 32.1. The van der Waals surface area contributed by atoms with E-state index >= 15 is 0 Å². The van der Waals surface area contributed by atoms with Gasteiger partial charge in [-0.1, -0.05) is 47.7 Å². The number of fused-ring (bicyclic) bond motifs is 1. The number of hydrogen-bond acceptors (Lipinski definition) is 6. The van der Waals surface area contributed by atoms with Gasteiger partial charge in [-0.3, -0.25) is 14.2 Å². The number of anilines is 1. The first kappa shape index (κ1) is 21.1. The van der Waals surface area contributed by atoms with Gasteiger partial charge in [0.1, 0.15) is 11.8 Å². The zero-order chi connectivity index (χ0) is 22.9. The fourth-order valence-corrected chi connectivity index (χ4v) is 5.68. The van der Waals surface area contributed by atoms with Gasteiger partial charge in [0.25, 0.3) is 11.5 Å². The van der Waals surface area contributed by atoms with Crippen LogP contribution in [0.3, 0.4) is 0 Å². The van der Waals surface area contributed by atoms with E-state index in [0.29, 0.717) is 31.9 Å². The molecule has 0 saturated carbocycles. The van der Waals surface area contributed by atoms with Crippen molar-refractivity contribution in [1.82, 2.24) is 4.57 Å². The second-order valence-corrected chi connectivity index (χ2v) is 9.50. The molecular formula is C25H19N3O3S2. The zero-order valence-electron chi connectivity index (χ0n) is 17.6. The molecule has 1 unspecified atom stereocenters. The maximum absolute atomic E-state index is 13.5. The summed E-state index contributed by atoms with van der Waals surface area (Å²) in [5.74, 6) is -0.160. The molecule has 5 rings (SSSR count). The lowest BCUT2D eigenvalue weighted by Crippen LogP contribution is -2.40. The van der Waals surface area contributed by atoms with Crippen LogP contribution in [0.15, 0.2) is 93.2 Å². The number of nitrogens with zero attached hydrogens (tertiary/aromatic N) is 2. The highest BCUT2D eigenvalue weighted by molar-refractivity contribution is 7.10. The van der Waals surface area contributed by atoms with Gasteiger partial charge in [0.15, 0.2) is 4.80 Å². The van der Waals surface area contributed by atoms with Crippen LogP contribution in [-0.2, 0) is 4.79 Å². The van der Waals surface area contributed by atoms with E-state index in [2.05, 4.69) is 10.3 Å². The summed E-state index contributed by atoms with van der Waals surface area (Å²) in [6.45, 7) is 1.80. The van der Waals surface area contributed by atoms with E-state index in [4.69, 9.17) is 0 Å². The Hall–Kier alpha value is -3.75. The summed E-state index contributed by atoms with van der Waals surface area (Å²) in [4.78, 5) is 32.9. The minimum Gasteiger partial charge on any atom is -0.508 e. The maximum atomic E-state index is 13.5. The number of aromatic nitrogens is 1. The number of phenolic OH excluding ortho intramolecular Hbond substituents is 1. The van der Waals surface area contributed by atoms with Gasteiger partial charge >= 0.3 is 0 Å². The summed E-state index contributed by atoms with van der Waals surface area (Å²) in [6.07, 6.45) is 1.73. The van der Waals surface area contributed by atoms with Crippen molar-refractivity contribution in [3.8, 4) is 5.75 Å². The lowest BCUT2D eigenvalue weighted by atomic mass is 10.0. The standard InChI is InChI=1S/C25H19N3O3S2/c1-15-21(23(30)27-17-8-3-2-4-9-17)22(19-11-6-12-32-19)28-24(31)20(33-25(28)26-15)14-16-7-5-10-18(29)13-16/h2-14,22,29H,1H3,(H,27,30). The third-order valence-electron chi connectivity index (χ3n) is 5.28. The van der Waals surface area contributed by atoms with Crippen LogP contribution >= 0.6 is 22.7 Å². The van der Waals surface area contributed by atoms with E-state index in [1.807, 2.05) is 53.9 Å². The minimum absolute atomic E-state index is 0.128. The molecular weight excluding hydrogens is 454 g/mol. The largest absolute Gasteiger partial charge is 0.508 e. The first-order valence-electron chi connectivity index (χ1n) is 10.2. The van der Waals surface area contributed by atoms with Crippen molar-refractivity contribution in [3.63, 3.8) is 0 Å². The number of hydrogen-bond donors (Lipinski definition) is 2. The predicted molar refractivity (Wildman–Crippen MR) is 131 cm³/mol. The van der Waals surface area contributed by atoms with E-state index in [0.717, 1.165) is 4.88 Å². The van der Waals surface area contributed by atoms with Gasteiger partial charge in [0.2, 0.25) is 0 Å². The SMILES string of the molecule is CC1=C(C(=O)Nc2ccccc2)C(c2cccs2)n2c(sc(=Cc3cccc(O)c3)c2=O)=N1. The third kappa shape index (κ3) is 4.06. The second-order valence-electron chi connectivity index (χ2n) is 7.51. The van der Waals surface area contributed by atoms with Crippen LogP contribution in [-0.4, -0.2) is 15.6 Å². The summed E-state index contributed by atoms with van der Waals surface area (Å²) in [5.41, 5.74) is 2.18. The molecule has 0 spiro atoms. The number of rotatable bonds is 4. The molecule has 0 radical (unpaired) electrons. The van der Waals surface area contributed by atoms with Crippen LogP contribution in [0.5, 0.6) is 5.75 Å². The summed E-state index contributed by atoms with van der Waals surface area (Å²) in [6, 6.07) is 19.2. The normalized spacial score (nSPS) is 15.8. The Morgan fingerprint density at radius 1 is 1.12 bits per heavy atom. The molecule has 0 aliphatic carbocycles. The molecule has 3 heterocycles. The van der Waals surface area contributed by atoms with Crippen molar-refractivity contribution in [1.29, 1.82) is 0 Å². The number of allylic oxidation sites excluding steroid dienone is 1. The fourth-order valence-electron chi connectivity index (χ4n) is 3.81. The van der Waals surface area contributed by atoms with Crippen molar-refractivity contribution in [3.05, 3.63) is 114 Å². The van der Waals surface area contributed by atoms with Gasteiger partial charge in [-0.05, 0) is 54.3 Å². The average Bonchev–Trinajstić information content (AvgIpc) is 3.42. The molecule has 2 N–H and O–H groups in total. The molecule has 33 heavy (non-hydrogen) atoms. The first-order valence-corrected chi connectivity index (χ1v) is 11.9. The van der Waals surface area contributed by atoms with Crippen LogP contribution in [0.2, 0.25) is 0 Å². The van der Waals surface area contributed by atoms with Gasteiger partial charge in [-0.15, -0.1) is 11.3 Å². The molecule has 0 saturated heterocycles. The van der Waals surface area contributed by atoms with E-state index in [-0.39, 0.29) is 17.2 Å². The molecule has 2 aromatic heterocycles. The monoisotopic (exact) mass is 473 g/mol. The van der Waals surface area contributed by atoms with Crippen molar-refractivity contribution in [2.75, 3.05) is 5.32 Å². The molecule has 0 bridgehead atoms. The second kappa shape index (κ2) is 8.65. The highest BCUT2D eigenvalue weighted by Crippen LogP contribution is 2.33. The van der Waals surface area contributed by atoms with Crippen molar-refractivity contribution in [2.45, 2.75) is 13.0 Å². The van der Waals surface area contributed by atoms with E-state index in [1.54, 1.807) is 35.8 Å². The van der Waals surface area contributed by atoms with Gasteiger partial charge < -0.3 is 10.4 Å². The Bertz CT molecular complexity index is 1550. The van der Waals surface area contributed by atoms with Crippen molar-refractivity contribution >= 4 is 40.3 Å². The fraction of sp³-hybridized carbons (Fsp3) is 0.0800. The van der Waals surface area contributed by atoms with Crippen LogP contribution in [0, 0.1) is 0 Å². The van der Waals surface area contributed by atoms with Crippen molar-refractivity contribution < 1.29 is 9.90 Å². The molecule has 6 nitrogen and oxygen atoms in total. The summed E-state index contributed by atoms with van der Waals surface area (Å²) in [5, 5.41) is 14.6. The summed E-state index contributed by atoms with van der Waals surface area (Å²) >= 11 is 2.76. The van der Waals surface area contributed by atoms with Gasteiger partial charge in [-0.25, -0.2) is 4.99 Å². The van der Waals surface area contributed by atoms with Crippen molar-refractivity contribution in [2.24, 2.45) is 4.99 Å². The summed E-state index contributed by atoms with van der Waals surface area (Å²) < 4.78 is 2.08. The van der Waals surface area contributed by atoms with Gasteiger partial charge in [-0.2, -0.15) is 0 Å². The number of thiazole rings is 1. The predicted octanol–water partition coefficient (Wildman–Crippen LogP) is 3.64. The Morgan fingerprint density at radius 2 is 1.94 bits per heavy atom. The first-order chi connectivity index (χ1) is 16.0. The molecule has 1 atom stereocenters. The Labute approximate surface area is 197 Å². The number of carbonyl (C=O) groups excluding carboxylic acids is 1. The average molecular weight is 474 g/mol. The van der Waals surface area contributed by atoms with Crippen LogP contribution < -0.4 is 20.2 Å². The van der Waals surface area contributed by atoms with E-state index in [9.17, 15) is 14.7 Å². The molecule has 164 valence electrons. The lowest BCUT2D eigenvalue weighted by Gasteiger charge is -2.24. The Kier molecular flexibility index (Phi) is 5.53. The van der Waals surface area contributed by atoms with Crippen LogP contribution in [0.4, 0.5) is 5.69 Å². The quantitative estimate of drug-likeness (QED) is 0.475. The summed E-state index contributed by atoms with van der Waals surface area (Å²) in [7, 11) is 0. The number of aromatic hydroxyl groups is 1. The number of phenols is 1. The lowest BCUT2D eigenvalue weighted by molar-refractivity contribution is -0.113. The third-order valence-corrected chi connectivity index (χ3v) is 7.19. The Balaban J connectivity index is 1.66. The van der Waals surface area contributed by atoms with Crippen LogP contribution in [0.1, 0.15) is 23.4 Å². The molecule has 1 amide bonds. The molecule has 8 heteroatoms. The molecule has 1 aliphatic heterocycles.